The SMILES string of the molecule is Cc1cc(-c2cc(C)c(-c3ccccc3)cn2)n[nH]1. The highest BCUT2D eigenvalue weighted by Crippen LogP contribution is 2.25. The molecule has 0 saturated carbocycles. The molecule has 0 radical (unpaired) electrons. The minimum Gasteiger partial charge on any atom is -0.282 e. The van der Waals surface area contributed by atoms with Gasteiger partial charge in [-0.2, -0.15) is 5.10 Å². The molecule has 3 aromatic rings. The number of rotatable bonds is 2. The number of pyridine rings is 1. The summed E-state index contributed by atoms with van der Waals surface area (Å²) in [6.45, 7) is 4.09. The monoisotopic (exact) mass is 249 g/mol. The summed E-state index contributed by atoms with van der Waals surface area (Å²) in [6.07, 6.45) is 1.92. The highest BCUT2D eigenvalue weighted by atomic mass is 15.1. The van der Waals surface area contributed by atoms with Gasteiger partial charge in [-0.05, 0) is 37.1 Å². The van der Waals surface area contributed by atoms with Crippen molar-refractivity contribution in [3.05, 3.63) is 59.9 Å². The van der Waals surface area contributed by atoms with Crippen LogP contribution in [0.1, 0.15) is 11.3 Å². The van der Waals surface area contributed by atoms with Crippen LogP contribution in [0, 0.1) is 13.8 Å². The van der Waals surface area contributed by atoms with Crippen LogP contribution < -0.4 is 0 Å². The first-order chi connectivity index (χ1) is 9.24. The first-order valence-electron chi connectivity index (χ1n) is 6.28. The lowest BCUT2D eigenvalue weighted by atomic mass is 10.0. The number of aryl methyl sites for hydroxylation is 2. The molecule has 0 aliphatic rings. The third-order valence-corrected chi connectivity index (χ3v) is 3.16. The number of aromatic nitrogens is 3. The Balaban J connectivity index is 2.03. The number of hydrogen-bond donors (Lipinski definition) is 1. The van der Waals surface area contributed by atoms with Crippen LogP contribution >= 0.6 is 0 Å². The number of hydrogen-bond acceptors (Lipinski definition) is 2. The first kappa shape index (κ1) is 11.7. The largest absolute Gasteiger partial charge is 0.282 e. The fraction of sp³-hybridized carbons (Fsp3) is 0.125. The fourth-order valence-electron chi connectivity index (χ4n) is 2.17. The van der Waals surface area contributed by atoms with Gasteiger partial charge in [-0.1, -0.05) is 30.3 Å². The lowest BCUT2D eigenvalue weighted by Crippen LogP contribution is -1.89. The zero-order valence-electron chi connectivity index (χ0n) is 11.0. The molecule has 0 spiro atoms. The molecule has 3 heteroatoms. The van der Waals surface area contributed by atoms with E-state index in [4.69, 9.17) is 0 Å². The molecule has 0 aliphatic heterocycles. The van der Waals surface area contributed by atoms with Crippen molar-refractivity contribution in [1.82, 2.24) is 15.2 Å². The lowest BCUT2D eigenvalue weighted by Gasteiger charge is -2.06. The molecule has 0 saturated heterocycles. The molecule has 94 valence electrons. The van der Waals surface area contributed by atoms with Crippen molar-refractivity contribution >= 4 is 0 Å². The molecule has 2 aromatic heterocycles. The third kappa shape index (κ3) is 2.27. The van der Waals surface area contributed by atoms with Gasteiger partial charge in [0.1, 0.15) is 5.69 Å². The summed E-state index contributed by atoms with van der Waals surface area (Å²) >= 11 is 0. The van der Waals surface area contributed by atoms with E-state index in [0.717, 1.165) is 22.6 Å². The van der Waals surface area contributed by atoms with E-state index in [0.29, 0.717) is 0 Å². The van der Waals surface area contributed by atoms with E-state index >= 15 is 0 Å². The van der Waals surface area contributed by atoms with Gasteiger partial charge in [-0.25, -0.2) is 0 Å². The standard InChI is InChI=1S/C16H15N3/c1-11-8-15(16-9-12(2)18-19-16)17-10-14(11)13-6-4-3-5-7-13/h3-10H,1-2H3,(H,18,19). The summed E-state index contributed by atoms with van der Waals surface area (Å²) in [5.41, 5.74) is 6.40. The van der Waals surface area contributed by atoms with E-state index in [1.165, 1.54) is 11.1 Å². The third-order valence-electron chi connectivity index (χ3n) is 3.16. The Bertz CT molecular complexity index is 699. The Labute approximate surface area is 112 Å². The van der Waals surface area contributed by atoms with Crippen LogP contribution in [-0.4, -0.2) is 15.2 Å². The average molecular weight is 249 g/mol. The Kier molecular flexibility index (Phi) is 2.88. The molecule has 3 rings (SSSR count). The summed E-state index contributed by atoms with van der Waals surface area (Å²) in [5, 5.41) is 7.18. The van der Waals surface area contributed by atoms with E-state index < -0.39 is 0 Å². The van der Waals surface area contributed by atoms with Crippen molar-refractivity contribution in [1.29, 1.82) is 0 Å². The summed E-state index contributed by atoms with van der Waals surface area (Å²) in [5.74, 6) is 0. The Morgan fingerprint density at radius 3 is 2.37 bits per heavy atom. The molecule has 0 unspecified atom stereocenters. The molecular formula is C16H15N3. The molecule has 0 bridgehead atoms. The normalized spacial score (nSPS) is 10.6. The summed E-state index contributed by atoms with van der Waals surface area (Å²) in [6, 6.07) is 14.4. The number of benzene rings is 1. The second kappa shape index (κ2) is 4.69. The van der Waals surface area contributed by atoms with Gasteiger partial charge in [0, 0.05) is 17.5 Å². The van der Waals surface area contributed by atoms with Gasteiger partial charge < -0.3 is 0 Å². The van der Waals surface area contributed by atoms with Crippen LogP contribution in [0.15, 0.2) is 48.7 Å². The van der Waals surface area contributed by atoms with E-state index in [1.807, 2.05) is 37.4 Å². The number of nitrogens with zero attached hydrogens (tertiary/aromatic N) is 2. The highest BCUT2D eigenvalue weighted by Gasteiger charge is 2.07. The topological polar surface area (TPSA) is 41.6 Å². The van der Waals surface area contributed by atoms with Crippen LogP contribution in [0.2, 0.25) is 0 Å². The van der Waals surface area contributed by atoms with Gasteiger partial charge in [0.25, 0.3) is 0 Å². The minimum atomic E-state index is 0.889. The Morgan fingerprint density at radius 1 is 0.947 bits per heavy atom. The van der Waals surface area contributed by atoms with Gasteiger partial charge >= 0.3 is 0 Å². The molecule has 0 fully saturated rings. The van der Waals surface area contributed by atoms with Crippen LogP contribution in [0.5, 0.6) is 0 Å². The van der Waals surface area contributed by atoms with Crippen LogP contribution in [-0.2, 0) is 0 Å². The molecule has 0 aliphatic carbocycles. The van der Waals surface area contributed by atoms with E-state index in [-0.39, 0.29) is 0 Å². The van der Waals surface area contributed by atoms with Crippen molar-refractivity contribution in [2.75, 3.05) is 0 Å². The van der Waals surface area contributed by atoms with Gasteiger partial charge in [0.2, 0.25) is 0 Å². The molecule has 19 heavy (non-hydrogen) atoms. The predicted octanol–water partition coefficient (Wildman–Crippen LogP) is 3.76. The maximum absolute atomic E-state index is 4.52. The molecule has 0 atom stereocenters. The van der Waals surface area contributed by atoms with Crippen molar-refractivity contribution in [3.8, 4) is 22.5 Å². The predicted molar refractivity (Wildman–Crippen MR) is 76.7 cm³/mol. The molecule has 3 nitrogen and oxygen atoms in total. The fourth-order valence-corrected chi connectivity index (χ4v) is 2.17. The summed E-state index contributed by atoms with van der Waals surface area (Å²) in [4.78, 5) is 4.52. The van der Waals surface area contributed by atoms with Crippen LogP contribution in [0.3, 0.4) is 0 Å². The first-order valence-corrected chi connectivity index (χ1v) is 6.28. The summed E-state index contributed by atoms with van der Waals surface area (Å²) in [7, 11) is 0. The molecule has 1 N–H and O–H groups in total. The van der Waals surface area contributed by atoms with E-state index in [1.54, 1.807) is 0 Å². The van der Waals surface area contributed by atoms with Gasteiger partial charge in [-0.3, -0.25) is 10.1 Å². The number of H-pyrrole nitrogens is 1. The van der Waals surface area contributed by atoms with Crippen LogP contribution in [0.4, 0.5) is 0 Å². The summed E-state index contributed by atoms with van der Waals surface area (Å²) < 4.78 is 0. The van der Waals surface area contributed by atoms with Crippen molar-refractivity contribution in [2.24, 2.45) is 0 Å². The second-order valence-corrected chi connectivity index (χ2v) is 4.69. The van der Waals surface area contributed by atoms with E-state index in [9.17, 15) is 0 Å². The molecule has 0 amide bonds. The Hall–Kier alpha value is -2.42. The lowest BCUT2D eigenvalue weighted by molar-refractivity contribution is 1.04. The van der Waals surface area contributed by atoms with Gasteiger partial charge in [-0.15, -0.1) is 0 Å². The number of aromatic amines is 1. The molecule has 2 heterocycles. The maximum Gasteiger partial charge on any atom is 0.111 e. The smallest absolute Gasteiger partial charge is 0.111 e. The molecular weight excluding hydrogens is 234 g/mol. The van der Waals surface area contributed by atoms with Crippen molar-refractivity contribution in [2.45, 2.75) is 13.8 Å². The van der Waals surface area contributed by atoms with Crippen molar-refractivity contribution < 1.29 is 0 Å². The highest BCUT2D eigenvalue weighted by molar-refractivity contribution is 5.69. The zero-order valence-corrected chi connectivity index (χ0v) is 11.0. The molecule has 1 aromatic carbocycles. The van der Waals surface area contributed by atoms with Crippen molar-refractivity contribution in [3.63, 3.8) is 0 Å². The van der Waals surface area contributed by atoms with Gasteiger partial charge in [0.15, 0.2) is 0 Å². The van der Waals surface area contributed by atoms with E-state index in [2.05, 4.69) is 40.3 Å². The minimum absolute atomic E-state index is 0.889. The zero-order chi connectivity index (χ0) is 13.2. The van der Waals surface area contributed by atoms with Crippen LogP contribution in [0.25, 0.3) is 22.5 Å². The maximum atomic E-state index is 4.52. The van der Waals surface area contributed by atoms with Gasteiger partial charge in [0.05, 0.1) is 5.69 Å². The average Bonchev–Trinajstić information content (AvgIpc) is 2.86. The quantitative estimate of drug-likeness (QED) is 0.751. The Morgan fingerprint density at radius 2 is 1.74 bits per heavy atom. The second-order valence-electron chi connectivity index (χ2n) is 4.69. The number of nitrogens with one attached hydrogen (secondary N) is 1.